The summed E-state index contributed by atoms with van der Waals surface area (Å²) in [5.74, 6) is 0.0853. The third-order valence-corrected chi connectivity index (χ3v) is 6.14. The van der Waals surface area contributed by atoms with E-state index in [1.807, 2.05) is 35.2 Å². The van der Waals surface area contributed by atoms with Gasteiger partial charge in [0.25, 0.3) is 5.91 Å². The number of carbonyl (C=O) groups excluding carboxylic acids is 2. The number of ether oxygens (including phenoxy) is 1. The summed E-state index contributed by atoms with van der Waals surface area (Å²) in [6, 6.07) is 8.98. The van der Waals surface area contributed by atoms with E-state index in [4.69, 9.17) is 4.74 Å². The van der Waals surface area contributed by atoms with Crippen LogP contribution in [0.5, 0.6) is 0 Å². The lowest BCUT2D eigenvalue weighted by Gasteiger charge is -2.46. The fraction of sp³-hybridized carbons (Fsp3) is 0.619. The maximum atomic E-state index is 13.2. The van der Waals surface area contributed by atoms with E-state index in [0.717, 1.165) is 25.7 Å². The molecule has 1 spiro atoms. The summed E-state index contributed by atoms with van der Waals surface area (Å²) in [7, 11) is 0. The number of nitrogens with zero attached hydrogens (tertiary/aromatic N) is 2. The number of carbonyl (C=O) groups is 2. The molecular formula is C21H28N2O3. The number of morpholine rings is 1. The van der Waals surface area contributed by atoms with Crippen LogP contribution >= 0.6 is 0 Å². The fourth-order valence-electron chi connectivity index (χ4n) is 4.76. The average Bonchev–Trinajstić information content (AvgIpc) is 3.18. The zero-order valence-corrected chi connectivity index (χ0v) is 15.4. The molecule has 3 fully saturated rings. The summed E-state index contributed by atoms with van der Waals surface area (Å²) in [4.78, 5) is 29.9. The Kier molecular flexibility index (Phi) is 4.98. The van der Waals surface area contributed by atoms with Crippen LogP contribution in [0.2, 0.25) is 0 Å². The maximum absolute atomic E-state index is 13.2. The highest BCUT2D eigenvalue weighted by molar-refractivity contribution is 5.98. The summed E-state index contributed by atoms with van der Waals surface area (Å²) < 4.78 is 6.12. The number of likely N-dealkylation sites (tertiary alicyclic amines) is 1. The van der Waals surface area contributed by atoms with Crippen molar-refractivity contribution in [3.63, 3.8) is 0 Å². The Labute approximate surface area is 155 Å². The van der Waals surface area contributed by atoms with E-state index >= 15 is 0 Å². The van der Waals surface area contributed by atoms with Crippen molar-refractivity contribution in [2.24, 2.45) is 0 Å². The van der Waals surface area contributed by atoms with Gasteiger partial charge in [-0.05, 0) is 37.8 Å². The number of rotatable bonds is 2. The van der Waals surface area contributed by atoms with Crippen molar-refractivity contribution >= 4 is 11.8 Å². The van der Waals surface area contributed by atoms with Crippen molar-refractivity contribution in [1.82, 2.24) is 9.80 Å². The molecule has 0 radical (unpaired) electrons. The average molecular weight is 356 g/mol. The Morgan fingerprint density at radius 3 is 2.54 bits per heavy atom. The zero-order chi connectivity index (χ0) is 18.0. The molecule has 0 aromatic heterocycles. The molecule has 5 nitrogen and oxygen atoms in total. The van der Waals surface area contributed by atoms with Gasteiger partial charge in [0.1, 0.15) is 6.04 Å². The highest BCUT2D eigenvalue weighted by atomic mass is 16.5. The van der Waals surface area contributed by atoms with Gasteiger partial charge in [0, 0.05) is 25.2 Å². The van der Waals surface area contributed by atoms with E-state index in [1.54, 1.807) is 4.90 Å². The second-order valence-corrected chi connectivity index (χ2v) is 7.87. The molecule has 2 saturated heterocycles. The summed E-state index contributed by atoms with van der Waals surface area (Å²) >= 11 is 0. The second-order valence-electron chi connectivity index (χ2n) is 7.87. The largest absolute Gasteiger partial charge is 0.371 e. The predicted molar refractivity (Wildman–Crippen MR) is 98.8 cm³/mol. The van der Waals surface area contributed by atoms with Crippen LogP contribution in [-0.4, -0.2) is 59.5 Å². The van der Waals surface area contributed by atoms with Gasteiger partial charge in [0.15, 0.2) is 0 Å². The Morgan fingerprint density at radius 1 is 1.00 bits per heavy atom. The molecule has 1 aromatic carbocycles. The molecule has 2 aliphatic heterocycles. The van der Waals surface area contributed by atoms with Crippen LogP contribution in [0.25, 0.3) is 0 Å². The lowest BCUT2D eigenvalue weighted by molar-refractivity contribution is -0.159. The highest BCUT2D eigenvalue weighted by Crippen LogP contribution is 2.35. The molecule has 2 heterocycles. The Bertz CT molecular complexity index is 649. The van der Waals surface area contributed by atoms with E-state index in [2.05, 4.69) is 0 Å². The third-order valence-electron chi connectivity index (χ3n) is 6.14. The van der Waals surface area contributed by atoms with Crippen molar-refractivity contribution in [1.29, 1.82) is 0 Å². The molecule has 0 N–H and O–H groups in total. The molecule has 2 amide bonds. The Hall–Kier alpha value is -1.88. The quantitative estimate of drug-likeness (QED) is 0.819. The van der Waals surface area contributed by atoms with E-state index in [-0.39, 0.29) is 23.5 Å². The van der Waals surface area contributed by atoms with Gasteiger partial charge in [-0.1, -0.05) is 37.5 Å². The smallest absolute Gasteiger partial charge is 0.254 e. The predicted octanol–water partition coefficient (Wildman–Crippen LogP) is 2.85. The van der Waals surface area contributed by atoms with Crippen molar-refractivity contribution in [3.8, 4) is 0 Å². The topological polar surface area (TPSA) is 49.9 Å². The summed E-state index contributed by atoms with van der Waals surface area (Å²) in [6.45, 7) is 2.62. The van der Waals surface area contributed by atoms with E-state index in [1.165, 1.54) is 19.3 Å². The lowest BCUT2D eigenvalue weighted by Crippen LogP contribution is -2.58. The van der Waals surface area contributed by atoms with Gasteiger partial charge in [-0.2, -0.15) is 0 Å². The highest BCUT2D eigenvalue weighted by Gasteiger charge is 2.43. The molecule has 26 heavy (non-hydrogen) atoms. The second kappa shape index (κ2) is 7.39. The van der Waals surface area contributed by atoms with Crippen LogP contribution in [0.1, 0.15) is 55.3 Å². The normalized spacial score (nSPS) is 25.5. The first-order chi connectivity index (χ1) is 12.7. The van der Waals surface area contributed by atoms with Gasteiger partial charge in [-0.3, -0.25) is 9.59 Å². The summed E-state index contributed by atoms with van der Waals surface area (Å²) in [6.07, 6.45) is 7.39. The minimum atomic E-state index is -0.318. The molecule has 3 aliphatic rings. The van der Waals surface area contributed by atoms with Crippen molar-refractivity contribution in [2.45, 2.75) is 56.6 Å². The molecule has 1 aromatic rings. The number of benzene rings is 1. The van der Waals surface area contributed by atoms with E-state index in [9.17, 15) is 9.59 Å². The van der Waals surface area contributed by atoms with Crippen LogP contribution in [-0.2, 0) is 9.53 Å². The lowest BCUT2D eigenvalue weighted by atomic mass is 9.83. The molecule has 1 saturated carbocycles. The number of amides is 2. The van der Waals surface area contributed by atoms with Crippen LogP contribution in [0, 0.1) is 0 Å². The number of hydrogen-bond donors (Lipinski definition) is 0. The van der Waals surface area contributed by atoms with Crippen molar-refractivity contribution in [2.75, 3.05) is 26.2 Å². The van der Waals surface area contributed by atoms with E-state index in [0.29, 0.717) is 31.8 Å². The monoisotopic (exact) mass is 356 g/mol. The number of hydrogen-bond acceptors (Lipinski definition) is 3. The van der Waals surface area contributed by atoms with Gasteiger partial charge in [-0.25, -0.2) is 0 Å². The first-order valence-electron chi connectivity index (χ1n) is 9.97. The molecule has 1 aliphatic carbocycles. The van der Waals surface area contributed by atoms with Crippen LogP contribution in [0.4, 0.5) is 0 Å². The van der Waals surface area contributed by atoms with Gasteiger partial charge in [-0.15, -0.1) is 0 Å². The minimum Gasteiger partial charge on any atom is -0.371 e. The standard InChI is InChI=1S/C21H28N2O3/c24-19(17-8-3-1-4-9-17)23-13-7-10-18(23)20(25)22-14-15-26-21(16-22)11-5-2-6-12-21/h1,3-4,8-9,18H,2,5-7,10-16H2. The van der Waals surface area contributed by atoms with Gasteiger partial charge in [0.2, 0.25) is 5.91 Å². The summed E-state index contributed by atoms with van der Waals surface area (Å²) in [5, 5.41) is 0. The Balaban J connectivity index is 1.47. The van der Waals surface area contributed by atoms with Crippen LogP contribution < -0.4 is 0 Å². The van der Waals surface area contributed by atoms with Crippen molar-refractivity contribution in [3.05, 3.63) is 35.9 Å². The maximum Gasteiger partial charge on any atom is 0.254 e. The third kappa shape index (κ3) is 3.37. The molecule has 5 heteroatoms. The molecular weight excluding hydrogens is 328 g/mol. The zero-order valence-electron chi connectivity index (χ0n) is 15.4. The van der Waals surface area contributed by atoms with Gasteiger partial charge < -0.3 is 14.5 Å². The first-order valence-corrected chi connectivity index (χ1v) is 9.97. The Morgan fingerprint density at radius 2 is 1.77 bits per heavy atom. The van der Waals surface area contributed by atoms with Gasteiger partial charge >= 0.3 is 0 Å². The fourth-order valence-corrected chi connectivity index (χ4v) is 4.76. The van der Waals surface area contributed by atoms with Gasteiger partial charge in [0.05, 0.1) is 12.2 Å². The summed E-state index contributed by atoms with van der Waals surface area (Å²) in [5.41, 5.74) is 0.525. The minimum absolute atomic E-state index is 0.0258. The van der Waals surface area contributed by atoms with E-state index < -0.39 is 0 Å². The van der Waals surface area contributed by atoms with Crippen molar-refractivity contribution < 1.29 is 14.3 Å². The molecule has 4 rings (SSSR count). The molecule has 140 valence electrons. The molecule has 1 atom stereocenters. The van der Waals surface area contributed by atoms with Crippen LogP contribution in [0.3, 0.4) is 0 Å². The van der Waals surface area contributed by atoms with Crippen LogP contribution in [0.15, 0.2) is 30.3 Å². The molecule has 0 bridgehead atoms. The SMILES string of the molecule is O=C(C1CCCN1C(=O)c1ccccc1)N1CCOC2(CCCCC2)C1. The first kappa shape index (κ1) is 17.5. The molecule has 1 unspecified atom stereocenters.